The van der Waals surface area contributed by atoms with E-state index in [1.165, 1.54) is 0 Å². The van der Waals surface area contributed by atoms with Crippen molar-refractivity contribution in [3.05, 3.63) is 71.4 Å². The molecule has 0 amide bonds. The Bertz CT molecular complexity index is 1130. The van der Waals surface area contributed by atoms with Gasteiger partial charge in [-0.3, -0.25) is 4.57 Å². The summed E-state index contributed by atoms with van der Waals surface area (Å²) in [5, 5.41) is 10.1. The number of benzene rings is 2. The van der Waals surface area contributed by atoms with Crippen LogP contribution in [0.2, 0.25) is 5.02 Å². The molecule has 29 heavy (non-hydrogen) atoms. The summed E-state index contributed by atoms with van der Waals surface area (Å²) in [7, 11) is 0. The van der Waals surface area contributed by atoms with Crippen molar-refractivity contribution in [2.24, 2.45) is 0 Å². The molecule has 0 bridgehead atoms. The highest BCUT2D eigenvalue weighted by Crippen LogP contribution is 2.40. The average Bonchev–Trinajstić information content (AvgIpc) is 3.43. The van der Waals surface area contributed by atoms with E-state index in [0.717, 1.165) is 16.4 Å². The minimum Gasteiger partial charge on any atom is -0.486 e. The largest absolute Gasteiger partial charge is 0.486 e. The molecule has 0 atom stereocenters. The Morgan fingerprint density at radius 3 is 2.69 bits per heavy atom. The van der Waals surface area contributed by atoms with E-state index in [1.54, 1.807) is 18.0 Å². The summed E-state index contributed by atoms with van der Waals surface area (Å²) in [4.78, 5) is 0. The van der Waals surface area contributed by atoms with Crippen molar-refractivity contribution in [3.8, 4) is 28.8 Å². The molecular weight excluding hydrogens is 410 g/mol. The maximum Gasteiger partial charge on any atom is 0.205 e. The fourth-order valence-corrected chi connectivity index (χ4v) is 4.30. The first-order valence-corrected chi connectivity index (χ1v) is 10.4. The molecule has 5 rings (SSSR count). The predicted octanol–water partition coefficient (Wildman–Crippen LogP) is 5.24. The molecule has 1 aliphatic heterocycles. The number of para-hydroxylation sites is 1. The van der Waals surface area contributed by atoms with Crippen LogP contribution in [-0.2, 0) is 5.75 Å². The van der Waals surface area contributed by atoms with E-state index in [2.05, 4.69) is 10.2 Å². The van der Waals surface area contributed by atoms with Crippen molar-refractivity contribution < 1.29 is 13.9 Å². The van der Waals surface area contributed by atoms with E-state index in [9.17, 15) is 0 Å². The van der Waals surface area contributed by atoms with Gasteiger partial charge in [0, 0.05) is 11.4 Å². The lowest BCUT2D eigenvalue weighted by Gasteiger charge is -2.20. The van der Waals surface area contributed by atoms with Gasteiger partial charge in [0.05, 0.1) is 11.3 Å². The van der Waals surface area contributed by atoms with Gasteiger partial charge in [0.25, 0.3) is 0 Å². The fraction of sp³-hybridized carbons (Fsp3) is 0.143. The van der Waals surface area contributed by atoms with Crippen LogP contribution in [-0.4, -0.2) is 28.0 Å². The lowest BCUT2D eigenvalue weighted by molar-refractivity contribution is 0.171. The topological polar surface area (TPSA) is 62.3 Å². The standard InChI is InChI=1S/C21H16ClN3O3S/c22-16-11-14(12-18-19(16)28-10-9-27-18)13-29-21-24-23-20(17-7-4-8-26-17)25(21)15-5-2-1-3-6-15/h1-8,11-12H,9-10,13H2. The minimum absolute atomic E-state index is 0.510. The van der Waals surface area contributed by atoms with E-state index < -0.39 is 0 Å². The van der Waals surface area contributed by atoms with Crippen LogP contribution in [0.15, 0.2) is 70.4 Å². The Hall–Kier alpha value is -2.90. The fourth-order valence-electron chi connectivity index (χ4n) is 3.13. The number of nitrogens with zero attached hydrogens (tertiary/aromatic N) is 3. The number of ether oxygens (including phenoxy) is 2. The van der Waals surface area contributed by atoms with Crippen LogP contribution in [0.25, 0.3) is 17.3 Å². The normalized spacial score (nSPS) is 12.9. The maximum atomic E-state index is 6.37. The first-order valence-electron chi connectivity index (χ1n) is 9.05. The highest BCUT2D eigenvalue weighted by molar-refractivity contribution is 7.98. The van der Waals surface area contributed by atoms with Gasteiger partial charge in [0.15, 0.2) is 22.4 Å². The van der Waals surface area contributed by atoms with Gasteiger partial charge in [-0.25, -0.2) is 0 Å². The molecule has 0 N–H and O–H groups in total. The SMILES string of the molecule is Clc1cc(CSc2nnc(-c3ccco3)n2-c2ccccc2)cc2c1OCCO2. The molecule has 0 aliphatic carbocycles. The summed E-state index contributed by atoms with van der Waals surface area (Å²) in [5.41, 5.74) is 1.98. The second-order valence-corrected chi connectivity index (χ2v) is 7.69. The second kappa shape index (κ2) is 7.85. The molecule has 0 unspecified atom stereocenters. The average molecular weight is 426 g/mol. The Kier molecular flexibility index (Phi) is 4.91. The maximum absolute atomic E-state index is 6.37. The second-order valence-electron chi connectivity index (χ2n) is 6.34. The monoisotopic (exact) mass is 425 g/mol. The third kappa shape index (κ3) is 3.59. The Labute approximate surface area is 176 Å². The van der Waals surface area contributed by atoms with Crippen LogP contribution in [0.3, 0.4) is 0 Å². The van der Waals surface area contributed by atoms with Crippen molar-refractivity contribution in [2.75, 3.05) is 13.2 Å². The minimum atomic E-state index is 0.510. The van der Waals surface area contributed by atoms with Gasteiger partial charge >= 0.3 is 0 Å². The van der Waals surface area contributed by atoms with E-state index >= 15 is 0 Å². The number of hydrogen-bond acceptors (Lipinski definition) is 6. The summed E-state index contributed by atoms with van der Waals surface area (Å²) < 4.78 is 18.8. The number of rotatable bonds is 5. The van der Waals surface area contributed by atoms with E-state index in [0.29, 0.717) is 47.1 Å². The Morgan fingerprint density at radius 1 is 1.00 bits per heavy atom. The molecule has 0 saturated carbocycles. The molecule has 4 aromatic rings. The Balaban J connectivity index is 1.47. The van der Waals surface area contributed by atoms with Gasteiger partial charge in [-0.1, -0.05) is 41.6 Å². The van der Waals surface area contributed by atoms with E-state index in [1.807, 2.05) is 59.2 Å². The molecule has 2 aromatic heterocycles. The van der Waals surface area contributed by atoms with Crippen molar-refractivity contribution in [1.82, 2.24) is 14.8 Å². The molecule has 0 radical (unpaired) electrons. The van der Waals surface area contributed by atoms with Crippen LogP contribution in [0.5, 0.6) is 11.5 Å². The summed E-state index contributed by atoms with van der Waals surface area (Å²) in [6, 6.07) is 17.5. The number of aromatic nitrogens is 3. The number of halogens is 1. The van der Waals surface area contributed by atoms with Crippen LogP contribution in [0.4, 0.5) is 0 Å². The van der Waals surface area contributed by atoms with Crippen LogP contribution >= 0.6 is 23.4 Å². The molecule has 0 saturated heterocycles. The van der Waals surface area contributed by atoms with Crippen molar-refractivity contribution in [3.63, 3.8) is 0 Å². The molecule has 8 heteroatoms. The summed E-state index contributed by atoms with van der Waals surface area (Å²) >= 11 is 7.93. The number of thioether (sulfide) groups is 1. The molecule has 0 fully saturated rings. The zero-order chi connectivity index (χ0) is 19.6. The van der Waals surface area contributed by atoms with Gasteiger partial charge in [0.2, 0.25) is 5.82 Å². The molecule has 146 valence electrons. The van der Waals surface area contributed by atoms with Gasteiger partial charge in [-0.2, -0.15) is 0 Å². The quantitative estimate of drug-likeness (QED) is 0.407. The van der Waals surface area contributed by atoms with E-state index in [4.69, 9.17) is 25.5 Å². The number of fused-ring (bicyclic) bond motifs is 1. The van der Waals surface area contributed by atoms with Gasteiger partial charge in [-0.05, 0) is 42.0 Å². The molecule has 3 heterocycles. The third-order valence-corrected chi connectivity index (χ3v) is 5.69. The lowest BCUT2D eigenvalue weighted by atomic mass is 10.2. The molecule has 2 aromatic carbocycles. The van der Waals surface area contributed by atoms with Crippen molar-refractivity contribution in [1.29, 1.82) is 0 Å². The smallest absolute Gasteiger partial charge is 0.205 e. The first-order chi connectivity index (χ1) is 14.3. The van der Waals surface area contributed by atoms with Crippen LogP contribution in [0, 0.1) is 0 Å². The zero-order valence-electron chi connectivity index (χ0n) is 15.2. The highest BCUT2D eigenvalue weighted by Gasteiger charge is 2.20. The Morgan fingerprint density at radius 2 is 1.86 bits per heavy atom. The van der Waals surface area contributed by atoms with E-state index in [-0.39, 0.29) is 0 Å². The summed E-state index contributed by atoms with van der Waals surface area (Å²) in [5.74, 6) is 3.26. The molecule has 0 spiro atoms. The predicted molar refractivity (Wildman–Crippen MR) is 111 cm³/mol. The molecule has 1 aliphatic rings. The zero-order valence-corrected chi connectivity index (χ0v) is 16.8. The van der Waals surface area contributed by atoms with Gasteiger partial charge in [-0.15, -0.1) is 10.2 Å². The highest BCUT2D eigenvalue weighted by atomic mass is 35.5. The third-order valence-electron chi connectivity index (χ3n) is 4.41. The van der Waals surface area contributed by atoms with Crippen molar-refractivity contribution >= 4 is 23.4 Å². The first kappa shape index (κ1) is 18.1. The van der Waals surface area contributed by atoms with Crippen LogP contribution in [0.1, 0.15) is 5.56 Å². The van der Waals surface area contributed by atoms with Crippen molar-refractivity contribution in [2.45, 2.75) is 10.9 Å². The van der Waals surface area contributed by atoms with Crippen LogP contribution < -0.4 is 9.47 Å². The number of furan rings is 1. The number of hydrogen-bond donors (Lipinski definition) is 0. The molecular formula is C21H16ClN3O3S. The molecule has 6 nitrogen and oxygen atoms in total. The van der Waals surface area contributed by atoms with Gasteiger partial charge < -0.3 is 13.9 Å². The van der Waals surface area contributed by atoms with Gasteiger partial charge in [0.1, 0.15) is 13.2 Å². The summed E-state index contributed by atoms with van der Waals surface area (Å²) in [6.45, 7) is 1.03. The lowest BCUT2D eigenvalue weighted by Crippen LogP contribution is -2.15. The summed E-state index contributed by atoms with van der Waals surface area (Å²) in [6.07, 6.45) is 1.63.